The third kappa shape index (κ3) is 18.7. The summed E-state index contributed by atoms with van der Waals surface area (Å²) in [6, 6.07) is 23.3. The van der Waals surface area contributed by atoms with Gasteiger partial charge in [0.15, 0.2) is 17.5 Å². The van der Waals surface area contributed by atoms with Crippen LogP contribution in [0.3, 0.4) is 0 Å². The molecule has 0 N–H and O–H groups in total. The number of hydrogen-bond acceptors (Lipinski definition) is 11. The zero-order valence-corrected chi connectivity index (χ0v) is 35.6. The van der Waals surface area contributed by atoms with Gasteiger partial charge in [-0.3, -0.25) is 0 Å². The van der Waals surface area contributed by atoms with Gasteiger partial charge in [0.2, 0.25) is 30.4 Å². The summed E-state index contributed by atoms with van der Waals surface area (Å²) in [5.41, 5.74) is 2.72. The van der Waals surface area contributed by atoms with Gasteiger partial charge in [-0.15, -0.1) is 0 Å². The van der Waals surface area contributed by atoms with E-state index in [1.165, 1.54) is 42.5 Å². The minimum atomic E-state index is -0.867. The summed E-state index contributed by atoms with van der Waals surface area (Å²) in [7, 11) is 1.56. The number of carbonyl (C=O) groups excluding carboxylic acids is 5. The molecule has 316 valence electrons. The standard InChI is InChI=1S/C11H12ClNO.C11H13NO2.C7H3Cl2NO.C7H3ClFNO.C7H3F2NO/c1-2-3-5-9-6-4-7-10(12)11(9)13-8-14;1-3-5-9-6-4-7-10(14-2)11(9)12-8-13;3*8-5-2-1-3-6(9)7(5)10-4-11/h4,6-7H,2-3,5H2,1H3;4,6-7H,3,5H2,1-2H3;3*1-3H. The van der Waals surface area contributed by atoms with E-state index in [-0.39, 0.29) is 16.4 Å². The molecule has 0 amide bonds. The van der Waals surface area contributed by atoms with Crippen LogP contribution in [0.4, 0.5) is 41.6 Å². The second-order valence-corrected chi connectivity index (χ2v) is 12.9. The predicted molar refractivity (Wildman–Crippen MR) is 230 cm³/mol. The normalized spacial score (nSPS) is 9.15. The highest BCUT2D eigenvalue weighted by Gasteiger charge is 2.08. The highest BCUT2D eigenvalue weighted by atomic mass is 35.5. The van der Waals surface area contributed by atoms with Gasteiger partial charge in [0.05, 0.1) is 32.9 Å². The summed E-state index contributed by atoms with van der Waals surface area (Å²) in [6.07, 6.45) is 11.7. The monoisotopic (exact) mass is 913 g/mol. The lowest BCUT2D eigenvalue weighted by atomic mass is 10.1. The average Bonchev–Trinajstić information content (AvgIpc) is 3.24. The van der Waals surface area contributed by atoms with Crippen LogP contribution in [0.5, 0.6) is 5.75 Å². The summed E-state index contributed by atoms with van der Waals surface area (Å²) in [5.74, 6) is -1.73. The van der Waals surface area contributed by atoms with Gasteiger partial charge in [-0.2, -0.15) is 25.0 Å². The summed E-state index contributed by atoms with van der Waals surface area (Å²) in [6.45, 7) is 4.20. The number of halogens is 7. The van der Waals surface area contributed by atoms with Crippen LogP contribution in [-0.2, 0) is 36.8 Å². The number of benzene rings is 5. The van der Waals surface area contributed by atoms with Crippen molar-refractivity contribution in [2.24, 2.45) is 25.0 Å². The van der Waals surface area contributed by atoms with E-state index >= 15 is 0 Å². The first kappa shape index (κ1) is 52.8. The molecule has 61 heavy (non-hydrogen) atoms. The maximum Gasteiger partial charge on any atom is 0.240 e. The Morgan fingerprint density at radius 1 is 0.459 bits per heavy atom. The molecule has 0 spiro atoms. The fourth-order valence-corrected chi connectivity index (χ4v) is 5.52. The first-order valence-electron chi connectivity index (χ1n) is 17.5. The topological polar surface area (TPSA) is 156 Å². The molecule has 0 aromatic heterocycles. The number of aryl methyl sites for hydroxylation is 2. The highest BCUT2D eigenvalue weighted by Crippen LogP contribution is 2.33. The molecule has 0 aliphatic heterocycles. The minimum Gasteiger partial charge on any atom is -0.494 e. The van der Waals surface area contributed by atoms with Crippen molar-refractivity contribution in [3.63, 3.8) is 0 Å². The Bertz CT molecular complexity index is 2250. The number of unbranched alkanes of at least 4 members (excludes halogenated alkanes) is 1. The molecule has 5 aromatic carbocycles. The fourth-order valence-electron chi connectivity index (χ4n) is 4.60. The summed E-state index contributed by atoms with van der Waals surface area (Å²) in [5, 5.41) is 1.32. The van der Waals surface area contributed by atoms with Crippen molar-refractivity contribution >= 4 is 105 Å². The van der Waals surface area contributed by atoms with Gasteiger partial charge < -0.3 is 4.74 Å². The smallest absolute Gasteiger partial charge is 0.240 e. The average molecular weight is 916 g/mol. The molecule has 5 rings (SSSR count). The van der Waals surface area contributed by atoms with Crippen molar-refractivity contribution in [3.05, 3.63) is 140 Å². The van der Waals surface area contributed by atoms with Crippen LogP contribution in [0, 0.1) is 17.5 Å². The first-order valence-corrected chi connectivity index (χ1v) is 19.0. The van der Waals surface area contributed by atoms with Crippen molar-refractivity contribution in [1.29, 1.82) is 0 Å². The number of nitrogens with zero attached hydrogens (tertiary/aromatic N) is 5. The first-order chi connectivity index (χ1) is 29.4. The quantitative estimate of drug-likeness (QED) is 0.0948. The van der Waals surface area contributed by atoms with Crippen molar-refractivity contribution in [1.82, 2.24) is 0 Å². The number of hydrogen-bond donors (Lipinski definition) is 0. The van der Waals surface area contributed by atoms with Gasteiger partial charge in [-0.05, 0) is 78.9 Å². The van der Waals surface area contributed by atoms with E-state index in [0.29, 0.717) is 32.2 Å². The lowest BCUT2D eigenvalue weighted by Gasteiger charge is -2.07. The van der Waals surface area contributed by atoms with Crippen LogP contribution in [0.1, 0.15) is 44.2 Å². The van der Waals surface area contributed by atoms with Gasteiger partial charge in [0.1, 0.15) is 28.5 Å². The molecule has 0 fully saturated rings. The summed E-state index contributed by atoms with van der Waals surface area (Å²) in [4.78, 5) is 66.3. The molecule has 11 nitrogen and oxygen atoms in total. The zero-order chi connectivity index (χ0) is 45.6. The number of isocyanates is 5. The van der Waals surface area contributed by atoms with Gasteiger partial charge in [0, 0.05) is 0 Å². The second kappa shape index (κ2) is 30.7. The Labute approximate surface area is 369 Å². The molecule has 0 unspecified atom stereocenters. The Morgan fingerprint density at radius 2 is 0.820 bits per heavy atom. The van der Waals surface area contributed by atoms with Crippen LogP contribution in [-0.4, -0.2) is 37.5 Å². The van der Waals surface area contributed by atoms with E-state index in [1.54, 1.807) is 43.5 Å². The van der Waals surface area contributed by atoms with E-state index in [1.807, 2.05) is 24.3 Å². The molecule has 0 aliphatic rings. The number of para-hydroxylation sites is 5. The third-order valence-electron chi connectivity index (χ3n) is 7.29. The van der Waals surface area contributed by atoms with Crippen LogP contribution < -0.4 is 4.74 Å². The molecule has 0 saturated heterocycles. The number of ether oxygens (including phenoxy) is 1. The van der Waals surface area contributed by atoms with E-state index < -0.39 is 23.1 Å². The number of methoxy groups -OCH3 is 1. The number of rotatable bonds is 11. The lowest BCUT2D eigenvalue weighted by Crippen LogP contribution is -1.89. The SMILES string of the molecule is CCCCc1cccc(Cl)c1N=C=O.CCCc1cccc(OC)c1N=C=O.O=C=Nc1c(Cl)cccc1Cl.O=C=Nc1c(F)cccc1Cl.O=C=Nc1c(F)cccc1F. The van der Waals surface area contributed by atoms with Crippen molar-refractivity contribution in [3.8, 4) is 5.75 Å². The van der Waals surface area contributed by atoms with Crippen LogP contribution >= 0.6 is 46.4 Å². The molecular weight excluding hydrogens is 881 g/mol. The van der Waals surface area contributed by atoms with Crippen LogP contribution in [0.2, 0.25) is 20.1 Å². The van der Waals surface area contributed by atoms with Crippen LogP contribution in [0.15, 0.2) is 116 Å². The molecule has 0 heterocycles. The molecule has 0 saturated carbocycles. The van der Waals surface area contributed by atoms with Gasteiger partial charge in [-0.1, -0.05) is 116 Å². The Morgan fingerprint density at radius 3 is 1.30 bits per heavy atom. The van der Waals surface area contributed by atoms with Gasteiger partial charge in [0.25, 0.3) is 0 Å². The van der Waals surface area contributed by atoms with Crippen molar-refractivity contribution in [2.45, 2.75) is 46.0 Å². The molecule has 0 radical (unpaired) electrons. The van der Waals surface area contributed by atoms with Crippen molar-refractivity contribution in [2.75, 3.05) is 7.11 Å². The van der Waals surface area contributed by atoms with Crippen molar-refractivity contribution < 1.29 is 41.9 Å². The maximum atomic E-state index is 12.7. The van der Waals surface area contributed by atoms with E-state index in [0.717, 1.165) is 61.4 Å². The molecule has 5 aromatic rings. The largest absolute Gasteiger partial charge is 0.494 e. The predicted octanol–water partition coefficient (Wildman–Crippen LogP) is 13.6. The Hall–Kier alpha value is -6.25. The minimum absolute atomic E-state index is 0.105. The van der Waals surface area contributed by atoms with Gasteiger partial charge in [-0.25, -0.2) is 37.1 Å². The summed E-state index contributed by atoms with van der Waals surface area (Å²) >= 11 is 22.7. The van der Waals surface area contributed by atoms with E-state index in [4.69, 9.17) is 51.1 Å². The second-order valence-electron chi connectivity index (χ2n) is 11.3. The Balaban J connectivity index is 0.000000383. The van der Waals surface area contributed by atoms with E-state index in [9.17, 15) is 37.1 Å². The maximum absolute atomic E-state index is 12.7. The van der Waals surface area contributed by atoms with Crippen LogP contribution in [0.25, 0.3) is 0 Å². The Kier molecular flexibility index (Phi) is 26.6. The molecule has 18 heteroatoms. The molecule has 0 bridgehead atoms. The molecule has 0 aliphatic carbocycles. The molecular formula is C43H34Cl4F3N5O6. The van der Waals surface area contributed by atoms with Gasteiger partial charge >= 0.3 is 0 Å². The number of aliphatic imine (C=N–C) groups is 5. The lowest BCUT2D eigenvalue weighted by molar-refractivity contribution is 0.415. The highest BCUT2D eigenvalue weighted by molar-refractivity contribution is 6.38. The summed E-state index contributed by atoms with van der Waals surface area (Å²) < 4.78 is 42.8. The zero-order valence-electron chi connectivity index (χ0n) is 32.5. The fraction of sp³-hybridized carbons (Fsp3) is 0.186. The van der Waals surface area contributed by atoms with E-state index in [2.05, 4.69) is 38.8 Å². The third-order valence-corrected chi connectivity index (χ3v) is 8.51. The molecule has 0 atom stereocenters.